The zero-order valence-corrected chi connectivity index (χ0v) is 15.8. The first-order valence-electron chi connectivity index (χ1n) is 8.62. The highest BCUT2D eigenvalue weighted by molar-refractivity contribution is 8.00. The van der Waals surface area contributed by atoms with Gasteiger partial charge in [-0.05, 0) is 43.2 Å². The molecule has 1 aliphatic heterocycles. The first-order valence-corrected chi connectivity index (χ1v) is 9.67. The van der Waals surface area contributed by atoms with Crippen LogP contribution in [0.5, 0.6) is 0 Å². The van der Waals surface area contributed by atoms with Crippen molar-refractivity contribution >= 4 is 29.3 Å². The van der Waals surface area contributed by atoms with E-state index in [0.717, 1.165) is 16.8 Å². The van der Waals surface area contributed by atoms with Crippen LogP contribution in [0.15, 0.2) is 36.4 Å². The van der Waals surface area contributed by atoms with E-state index in [-0.39, 0.29) is 29.2 Å². The summed E-state index contributed by atoms with van der Waals surface area (Å²) in [6.45, 7) is 3.53. The number of anilines is 1. The second kappa shape index (κ2) is 8.08. The van der Waals surface area contributed by atoms with Crippen molar-refractivity contribution in [1.82, 2.24) is 5.32 Å². The van der Waals surface area contributed by atoms with Gasteiger partial charge in [-0.2, -0.15) is 0 Å². The van der Waals surface area contributed by atoms with Crippen LogP contribution in [-0.2, 0) is 16.0 Å². The topological polar surface area (TPSA) is 58.2 Å². The summed E-state index contributed by atoms with van der Waals surface area (Å²) in [6.07, 6.45) is 0.339. The maximum Gasteiger partial charge on any atom is 0.230 e. The summed E-state index contributed by atoms with van der Waals surface area (Å²) < 4.78 is 27.6. The van der Waals surface area contributed by atoms with E-state index in [4.69, 9.17) is 0 Å². The predicted octanol–water partition coefficient (Wildman–Crippen LogP) is 4.13. The lowest BCUT2D eigenvalue weighted by Gasteiger charge is -2.17. The highest BCUT2D eigenvalue weighted by Crippen LogP contribution is 2.32. The van der Waals surface area contributed by atoms with Crippen molar-refractivity contribution in [2.24, 2.45) is 0 Å². The molecule has 2 aromatic carbocycles. The van der Waals surface area contributed by atoms with E-state index in [2.05, 4.69) is 10.6 Å². The van der Waals surface area contributed by atoms with Gasteiger partial charge in [0.05, 0.1) is 18.2 Å². The van der Waals surface area contributed by atoms with Gasteiger partial charge in [-0.15, -0.1) is 11.8 Å². The van der Waals surface area contributed by atoms with E-state index in [1.54, 1.807) is 6.92 Å². The molecular formula is C20H20F2N2O2S. The fourth-order valence-electron chi connectivity index (χ4n) is 3.07. The van der Waals surface area contributed by atoms with Crippen LogP contribution >= 0.6 is 11.8 Å². The van der Waals surface area contributed by atoms with Crippen LogP contribution < -0.4 is 10.6 Å². The zero-order chi connectivity index (χ0) is 19.6. The largest absolute Gasteiger partial charge is 0.349 e. The molecule has 4 nitrogen and oxygen atoms in total. The fourth-order valence-corrected chi connectivity index (χ4v) is 3.94. The molecule has 0 aromatic heterocycles. The number of carbonyl (C=O) groups excluding carboxylic acids is 2. The van der Waals surface area contributed by atoms with Crippen molar-refractivity contribution in [3.63, 3.8) is 0 Å². The number of rotatable bonds is 6. The van der Waals surface area contributed by atoms with Gasteiger partial charge in [0.2, 0.25) is 11.8 Å². The molecule has 1 aliphatic rings. The smallest absolute Gasteiger partial charge is 0.230 e. The first kappa shape index (κ1) is 19.4. The number of amides is 2. The van der Waals surface area contributed by atoms with Crippen LogP contribution in [0.2, 0.25) is 0 Å². The van der Waals surface area contributed by atoms with E-state index in [9.17, 15) is 18.4 Å². The van der Waals surface area contributed by atoms with Gasteiger partial charge in [0.25, 0.3) is 0 Å². The Balaban J connectivity index is 1.56. The third kappa shape index (κ3) is 4.47. The lowest BCUT2D eigenvalue weighted by Crippen LogP contribution is -2.28. The first-order chi connectivity index (χ1) is 12.8. The van der Waals surface area contributed by atoms with Crippen LogP contribution in [0.4, 0.5) is 14.5 Å². The summed E-state index contributed by atoms with van der Waals surface area (Å²) in [7, 11) is 0. The Morgan fingerprint density at radius 2 is 1.93 bits per heavy atom. The summed E-state index contributed by atoms with van der Waals surface area (Å²) in [5.41, 5.74) is 2.60. The van der Waals surface area contributed by atoms with Crippen molar-refractivity contribution in [3.05, 3.63) is 64.7 Å². The highest BCUT2D eigenvalue weighted by Gasteiger charge is 2.20. The minimum Gasteiger partial charge on any atom is -0.349 e. The number of benzene rings is 2. The van der Waals surface area contributed by atoms with Crippen LogP contribution in [0.1, 0.15) is 41.8 Å². The van der Waals surface area contributed by atoms with Gasteiger partial charge in [0.1, 0.15) is 11.6 Å². The van der Waals surface area contributed by atoms with Gasteiger partial charge < -0.3 is 10.6 Å². The molecule has 1 heterocycles. The molecule has 142 valence electrons. The van der Waals surface area contributed by atoms with Crippen LogP contribution in [0.3, 0.4) is 0 Å². The number of fused-ring (bicyclic) bond motifs is 1. The van der Waals surface area contributed by atoms with Crippen molar-refractivity contribution in [2.75, 3.05) is 11.1 Å². The fraction of sp³-hybridized carbons (Fsp3) is 0.300. The Bertz CT molecular complexity index is 868. The summed E-state index contributed by atoms with van der Waals surface area (Å²) in [6, 6.07) is 9.11. The van der Waals surface area contributed by atoms with E-state index < -0.39 is 16.9 Å². The molecule has 27 heavy (non-hydrogen) atoms. The Kier molecular flexibility index (Phi) is 5.79. The molecule has 2 N–H and O–H groups in total. The molecule has 2 amide bonds. The average molecular weight is 390 g/mol. The SMILES string of the molecule is CC(NC(=O)CSC(C)c1c(F)cccc1F)c1ccc2c(c1)CC(=O)N2. The quantitative estimate of drug-likeness (QED) is 0.780. The summed E-state index contributed by atoms with van der Waals surface area (Å²) in [5, 5.41) is 5.17. The van der Waals surface area contributed by atoms with E-state index in [1.165, 1.54) is 30.0 Å². The van der Waals surface area contributed by atoms with Crippen LogP contribution in [-0.4, -0.2) is 17.6 Å². The van der Waals surface area contributed by atoms with Gasteiger partial charge in [0.15, 0.2) is 0 Å². The van der Waals surface area contributed by atoms with E-state index in [0.29, 0.717) is 6.42 Å². The standard InChI is InChI=1S/C20H20F2N2O2S/c1-11(13-6-7-17-14(8-13)9-18(25)24-17)23-19(26)10-27-12(2)20-15(21)4-3-5-16(20)22/h3-8,11-12H,9-10H2,1-2H3,(H,23,26)(H,24,25). The molecule has 0 radical (unpaired) electrons. The third-order valence-electron chi connectivity index (χ3n) is 4.50. The molecule has 0 spiro atoms. The third-order valence-corrected chi connectivity index (χ3v) is 5.67. The molecule has 2 atom stereocenters. The Morgan fingerprint density at radius 3 is 2.63 bits per heavy atom. The monoisotopic (exact) mass is 390 g/mol. The number of thioether (sulfide) groups is 1. The molecule has 2 aromatic rings. The van der Waals surface area contributed by atoms with Crippen molar-refractivity contribution in [3.8, 4) is 0 Å². The lowest BCUT2D eigenvalue weighted by molar-refractivity contribution is -0.119. The van der Waals surface area contributed by atoms with Gasteiger partial charge in [-0.3, -0.25) is 9.59 Å². The summed E-state index contributed by atoms with van der Waals surface area (Å²) in [4.78, 5) is 23.7. The van der Waals surface area contributed by atoms with E-state index >= 15 is 0 Å². The predicted molar refractivity (Wildman–Crippen MR) is 103 cm³/mol. The average Bonchev–Trinajstić information content (AvgIpc) is 2.98. The maximum absolute atomic E-state index is 13.8. The van der Waals surface area contributed by atoms with Gasteiger partial charge >= 0.3 is 0 Å². The van der Waals surface area contributed by atoms with Crippen molar-refractivity contribution in [1.29, 1.82) is 0 Å². The Hall–Kier alpha value is -2.41. The number of carbonyl (C=O) groups is 2. The molecule has 3 rings (SSSR count). The lowest BCUT2D eigenvalue weighted by atomic mass is 10.0. The molecular weight excluding hydrogens is 370 g/mol. The Labute approximate surface area is 160 Å². The molecule has 0 fully saturated rings. The number of hydrogen-bond acceptors (Lipinski definition) is 3. The highest BCUT2D eigenvalue weighted by atomic mass is 32.2. The normalized spacial score (nSPS) is 15.0. The van der Waals surface area contributed by atoms with E-state index in [1.807, 2.05) is 25.1 Å². The van der Waals surface area contributed by atoms with Crippen molar-refractivity contribution in [2.45, 2.75) is 31.6 Å². The molecule has 0 aliphatic carbocycles. The molecule has 0 saturated heterocycles. The molecule has 2 unspecified atom stereocenters. The second-order valence-corrected chi connectivity index (χ2v) is 7.85. The number of halogens is 2. The molecule has 0 saturated carbocycles. The number of nitrogens with one attached hydrogen (secondary N) is 2. The summed E-state index contributed by atoms with van der Waals surface area (Å²) >= 11 is 1.18. The molecule has 0 bridgehead atoms. The summed E-state index contributed by atoms with van der Waals surface area (Å²) in [5.74, 6) is -1.38. The van der Waals surface area contributed by atoms with Crippen LogP contribution in [0, 0.1) is 11.6 Å². The van der Waals surface area contributed by atoms with Crippen LogP contribution in [0.25, 0.3) is 0 Å². The van der Waals surface area contributed by atoms with Gasteiger partial charge in [0, 0.05) is 16.5 Å². The minimum atomic E-state index is -0.606. The second-order valence-electron chi connectivity index (χ2n) is 6.52. The van der Waals surface area contributed by atoms with Gasteiger partial charge in [-0.25, -0.2) is 8.78 Å². The zero-order valence-electron chi connectivity index (χ0n) is 15.0. The maximum atomic E-state index is 13.8. The Morgan fingerprint density at radius 1 is 1.22 bits per heavy atom. The molecule has 7 heteroatoms. The van der Waals surface area contributed by atoms with Gasteiger partial charge in [-0.1, -0.05) is 18.2 Å². The number of hydrogen-bond donors (Lipinski definition) is 2. The van der Waals surface area contributed by atoms with Crippen molar-refractivity contribution < 1.29 is 18.4 Å². The minimum absolute atomic E-state index is 0.0147.